The highest BCUT2D eigenvalue weighted by molar-refractivity contribution is 5.92. The zero-order valence-corrected chi connectivity index (χ0v) is 11.4. The molecule has 0 amide bonds. The van der Waals surface area contributed by atoms with Crippen LogP contribution in [0.15, 0.2) is 18.2 Å². The van der Waals surface area contributed by atoms with E-state index in [-0.39, 0.29) is 11.7 Å². The lowest BCUT2D eigenvalue weighted by molar-refractivity contribution is 0.0697. The first-order chi connectivity index (χ1) is 9.56. The molecular weight excluding hydrogens is 256 g/mol. The molecule has 3 rings (SSSR count). The topological polar surface area (TPSA) is 75.3 Å². The first-order valence-electron chi connectivity index (χ1n) is 6.98. The number of aliphatic hydroxyl groups excluding tert-OH is 1. The van der Waals surface area contributed by atoms with Gasteiger partial charge in [0.25, 0.3) is 0 Å². The molecule has 5 heteroatoms. The summed E-state index contributed by atoms with van der Waals surface area (Å²) in [6.45, 7) is 2.49. The normalized spacial score (nSPS) is 16.5. The molecule has 0 radical (unpaired) electrons. The molecule has 0 aliphatic heterocycles. The molecule has 0 spiro atoms. The lowest BCUT2D eigenvalue weighted by atomic mass is 10.2. The number of hydrogen-bond acceptors (Lipinski definition) is 3. The zero-order chi connectivity index (χ0) is 14.3. The van der Waals surface area contributed by atoms with Gasteiger partial charge in [0.15, 0.2) is 0 Å². The summed E-state index contributed by atoms with van der Waals surface area (Å²) >= 11 is 0. The van der Waals surface area contributed by atoms with Gasteiger partial charge in [-0.1, -0.05) is 0 Å². The van der Waals surface area contributed by atoms with Gasteiger partial charge in [-0.25, -0.2) is 9.78 Å². The number of hydrogen-bond donors (Lipinski definition) is 2. The Kier molecular flexibility index (Phi) is 3.22. The Bertz CT molecular complexity index is 656. The molecule has 1 aromatic heterocycles. The standard InChI is InChI=1S/C15H18N2O3/c1-9(18)6-7-17-13-5-4-11(15(19)20)8-12(13)16-14(17)10-2-3-10/h4-5,8-10,18H,2-3,6-7H2,1H3,(H,19,20). The molecule has 106 valence electrons. The lowest BCUT2D eigenvalue weighted by Crippen LogP contribution is -2.09. The van der Waals surface area contributed by atoms with Crippen molar-refractivity contribution in [2.24, 2.45) is 0 Å². The molecule has 1 atom stereocenters. The number of aryl methyl sites for hydroxylation is 1. The number of aromatic carboxylic acids is 1. The van der Waals surface area contributed by atoms with Crippen LogP contribution in [0.5, 0.6) is 0 Å². The van der Waals surface area contributed by atoms with E-state index in [9.17, 15) is 9.90 Å². The minimum atomic E-state index is -0.932. The third kappa shape index (κ3) is 2.41. The van der Waals surface area contributed by atoms with E-state index in [4.69, 9.17) is 5.11 Å². The fourth-order valence-corrected chi connectivity index (χ4v) is 2.49. The van der Waals surface area contributed by atoms with Crippen molar-refractivity contribution in [1.29, 1.82) is 0 Å². The van der Waals surface area contributed by atoms with E-state index in [2.05, 4.69) is 9.55 Å². The minimum Gasteiger partial charge on any atom is -0.478 e. The Balaban J connectivity index is 2.05. The summed E-state index contributed by atoms with van der Waals surface area (Å²) in [5.41, 5.74) is 1.95. The first-order valence-corrected chi connectivity index (χ1v) is 6.98. The van der Waals surface area contributed by atoms with E-state index in [1.807, 2.05) is 6.07 Å². The van der Waals surface area contributed by atoms with E-state index < -0.39 is 5.97 Å². The van der Waals surface area contributed by atoms with Gasteiger partial charge in [-0.15, -0.1) is 0 Å². The van der Waals surface area contributed by atoms with Gasteiger partial charge in [0, 0.05) is 12.5 Å². The van der Waals surface area contributed by atoms with Crippen LogP contribution >= 0.6 is 0 Å². The minimum absolute atomic E-state index is 0.264. The van der Waals surface area contributed by atoms with Gasteiger partial charge in [-0.05, 0) is 44.4 Å². The first kappa shape index (κ1) is 13.1. The fraction of sp³-hybridized carbons (Fsp3) is 0.467. The van der Waals surface area contributed by atoms with E-state index in [0.29, 0.717) is 18.9 Å². The lowest BCUT2D eigenvalue weighted by Gasteiger charge is -2.10. The van der Waals surface area contributed by atoms with Gasteiger partial charge in [0.05, 0.1) is 22.7 Å². The van der Waals surface area contributed by atoms with Gasteiger partial charge < -0.3 is 14.8 Å². The molecule has 2 aromatic rings. The van der Waals surface area contributed by atoms with E-state index in [1.165, 1.54) is 0 Å². The summed E-state index contributed by atoms with van der Waals surface area (Å²) in [5.74, 6) is 0.589. The summed E-state index contributed by atoms with van der Waals surface area (Å²) in [6, 6.07) is 5.06. The molecule has 1 aromatic carbocycles. The Labute approximate surface area is 116 Å². The number of carboxylic acid groups (broad SMARTS) is 1. The number of aromatic nitrogens is 2. The van der Waals surface area contributed by atoms with E-state index in [0.717, 1.165) is 29.7 Å². The Morgan fingerprint density at radius 2 is 2.25 bits per heavy atom. The smallest absolute Gasteiger partial charge is 0.335 e. The summed E-state index contributed by atoms with van der Waals surface area (Å²) in [6.07, 6.45) is 2.61. The Morgan fingerprint density at radius 3 is 2.85 bits per heavy atom. The molecule has 20 heavy (non-hydrogen) atoms. The second kappa shape index (κ2) is 4.90. The van der Waals surface area contributed by atoms with Crippen molar-refractivity contribution in [2.75, 3.05) is 0 Å². The molecular formula is C15H18N2O3. The SMILES string of the molecule is CC(O)CCn1c(C2CC2)nc2cc(C(=O)O)ccc21. The quantitative estimate of drug-likeness (QED) is 0.877. The van der Waals surface area contributed by atoms with Crippen LogP contribution in [0.4, 0.5) is 0 Å². The van der Waals surface area contributed by atoms with Gasteiger partial charge >= 0.3 is 5.97 Å². The summed E-state index contributed by atoms with van der Waals surface area (Å²) in [7, 11) is 0. The number of nitrogens with zero attached hydrogens (tertiary/aromatic N) is 2. The number of aliphatic hydroxyl groups is 1. The molecule has 1 heterocycles. The van der Waals surface area contributed by atoms with Crippen molar-refractivity contribution in [3.05, 3.63) is 29.6 Å². The van der Waals surface area contributed by atoms with Crippen LogP contribution in [-0.4, -0.2) is 31.8 Å². The molecule has 1 fully saturated rings. The zero-order valence-electron chi connectivity index (χ0n) is 11.4. The number of rotatable bonds is 5. The summed E-state index contributed by atoms with van der Waals surface area (Å²) in [5, 5.41) is 18.5. The van der Waals surface area contributed by atoms with Crippen molar-refractivity contribution in [3.8, 4) is 0 Å². The molecule has 1 unspecified atom stereocenters. The summed E-state index contributed by atoms with van der Waals surface area (Å²) < 4.78 is 2.13. The monoisotopic (exact) mass is 274 g/mol. The van der Waals surface area contributed by atoms with Crippen LogP contribution in [0.3, 0.4) is 0 Å². The maximum absolute atomic E-state index is 11.0. The van der Waals surface area contributed by atoms with Crippen molar-refractivity contribution >= 4 is 17.0 Å². The number of carboxylic acids is 1. The maximum atomic E-state index is 11.0. The predicted octanol–water partition coefficient (Wildman–Crippen LogP) is 2.38. The van der Waals surface area contributed by atoms with Crippen LogP contribution in [0.1, 0.15) is 48.3 Å². The molecule has 5 nitrogen and oxygen atoms in total. The van der Waals surface area contributed by atoms with Gasteiger partial charge in [0.1, 0.15) is 5.82 Å². The molecule has 2 N–H and O–H groups in total. The van der Waals surface area contributed by atoms with Gasteiger partial charge in [-0.2, -0.15) is 0 Å². The number of imidazole rings is 1. The Hall–Kier alpha value is -1.88. The summed E-state index contributed by atoms with van der Waals surface area (Å²) in [4.78, 5) is 15.6. The highest BCUT2D eigenvalue weighted by atomic mass is 16.4. The predicted molar refractivity (Wildman–Crippen MR) is 75.0 cm³/mol. The molecule has 1 saturated carbocycles. The van der Waals surface area contributed by atoms with Gasteiger partial charge in [0.2, 0.25) is 0 Å². The van der Waals surface area contributed by atoms with E-state index in [1.54, 1.807) is 19.1 Å². The maximum Gasteiger partial charge on any atom is 0.335 e. The number of carbonyl (C=O) groups is 1. The largest absolute Gasteiger partial charge is 0.478 e. The highest BCUT2D eigenvalue weighted by Gasteiger charge is 2.29. The highest BCUT2D eigenvalue weighted by Crippen LogP contribution is 2.40. The number of benzene rings is 1. The fourth-order valence-electron chi connectivity index (χ4n) is 2.49. The van der Waals surface area contributed by atoms with Crippen LogP contribution in [0.2, 0.25) is 0 Å². The van der Waals surface area contributed by atoms with Gasteiger partial charge in [-0.3, -0.25) is 0 Å². The second-order valence-electron chi connectivity index (χ2n) is 5.54. The number of fused-ring (bicyclic) bond motifs is 1. The van der Waals surface area contributed by atoms with E-state index >= 15 is 0 Å². The molecule has 1 aliphatic carbocycles. The van der Waals surface area contributed by atoms with Crippen molar-refractivity contribution in [2.45, 2.75) is 44.8 Å². The van der Waals surface area contributed by atoms with Crippen molar-refractivity contribution in [1.82, 2.24) is 9.55 Å². The van der Waals surface area contributed by atoms with Crippen LogP contribution < -0.4 is 0 Å². The second-order valence-corrected chi connectivity index (χ2v) is 5.54. The third-order valence-corrected chi connectivity index (χ3v) is 3.74. The molecule has 1 aliphatic rings. The molecule has 0 saturated heterocycles. The average Bonchev–Trinajstić information content (AvgIpc) is 3.17. The van der Waals surface area contributed by atoms with Crippen molar-refractivity contribution in [3.63, 3.8) is 0 Å². The average molecular weight is 274 g/mol. The Morgan fingerprint density at radius 1 is 1.50 bits per heavy atom. The van der Waals surface area contributed by atoms with Crippen LogP contribution in [-0.2, 0) is 6.54 Å². The molecule has 0 bridgehead atoms. The van der Waals surface area contributed by atoms with Crippen LogP contribution in [0.25, 0.3) is 11.0 Å². The van der Waals surface area contributed by atoms with Crippen LogP contribution in [0, 0.1) is 0 Å². The van der Waals surface area contributed by atoms with Crippen molar-refractivity contribution < 1.29 is 15.0 Å². The third-order valence-electron chi connectivity index (χ3n) is 3.74.